The van der Waals surface area contributed by atoms with Crippen LogP contribution in [0, 0.1) is 5.92 Å². The van der Waals surface area contributed by atoms with Gasteiger partial charge in [0, 0.05) is 0 Å². The number of furan rings is 1. The number of hydrogen-bond acceptors (Lipinski definition) is 4. The highest BCUT2D eigenvalue weighted by Gasteiger charge is 2.22. The fraction of sp³-hybridized carbons (Fsp3) is 0.636. The molecule has 1 aliphatic rings. The van der Waals surface area contributed by atoms with Crippen molar-refractivity contribution in [2.75, 3.05) is 18.8 Å². The van der Waals surface area contributed by atoms with Crippen LogP contribution < -0.4 is 5.32 Å². The van der Waals surface area contributed by atoms with Gasteiger partial charge in [-0.05, 0) is 44.0 Å². The van der Waals surface area contributed by atoms with Crippen molar-refractivity contribution in [1.82, 2.24) is 5.32 Å². The zero-order valence-corrected chi connectivity index (χ0v) is 10.0. The van der Waals surface area contributed by atoms with Gasteiger partial charge in [0.05, 0.1) is 12.0 Å². The molecule has 1 aliphatic heterocycles. The second kappa shape index (κ2) is 5.01. The first kappa shape index (κ1) is 11.7. The first-order valence-electron chi connectivity index (χ1n) is 5.59. The van der Waals surface area contributed by atoms with Crippen LogP contribution in [-0.2, 0) is 15.6 Å². The standard InChI is InChI=1S/C11H17NO3S/c13-16(14,9-11-2-1-7-15-11)8-10-3-5-12-6-4-10/h1-2,7,10,12H,3-6,8-9H2. The number of sulfone groups is 1. The zero-order valence-electron chi connectivity index (χ0n) is 9.19. The van der Waals surface area contributed by atoms with Gasteiger partial charge in [-0.3, -0.25) is 0 Å². The SMILES string of the molecule is O=S(=O)(Cc1ccco1)CC1CCNCC1. The molecule has 2 rings (SSSR count). The first-order valence-corrected chi connectivity index (χ1v) is 7.41. The number of nitrogens with one attached hydrogen (secondary N) is 1. The van der Waals surface area contributed by atoms with Gasteiger partial charge in [0.1, 0.15) is 11.5 Å². The summed E-state index contributed by atoms with van der Waals surface area (Å²) < 4.78 is 28.8. The van der Waals surface area contributed by atoms with Crippen LogP contribution in [0.5, 0.6) is 0 Å². The Morgan fingerprint density at radius 2 is 2.12 bits per heavy atom. The lowest BCUT2D eigenvalue weighted by Gasteiger charge is -2.22. The second-order valence-electron chi connectivity index (χ2n) is 4.33. The molecule has 0 amide bonds. The lowest BCUT2D eigenvalue weighted by molar-refractivity contribution is 0.400. The minimum Gasteiger partial charge on any atom is -0.468 e. The number of piperidine rings is 1. The van der Waals surface area contributed by atoms with Crippen LogP contribution in [0.15, 0.2) is 22.8 Å². The van der Waals surface area contributed by atoms with Crippen LogP contribution in [-0.4, -0.2) is 27.3 Å². The fourth-order valence-corrected chi connectivity index (χ4v) is 3.85. The maximum atomic E-state index is 11.9. The van der Waals surface area contributed by atoms with Crippen LogP contribution in [0.1, 0.15) is 18.6 Å². The van der Waals surface area contributed by atoms with Crippen molar-refractivity contribution in [3.63, 3.8) is 0 Å². The Labute approximate surface area is 95.9 Å². The molecule has 1 N–H and O–H groups in total. The van der Waals surface area contributed by atoms with E-state index >= 15 is 0 Å². The Morgan fingerprint density at radius 1 is 1.38 bits per heavy atom. The molecule has 1 saturated heterocycles. The molecule has 0 bridgehead atoms. The molecule has 5 heteroatoms. The molecule has 1 aromatic heterocycles. The molecule has 0 radical (unpaired) electrons. The third-order valence-corrected chi connectivity index (χ3v) is 4.59. The Balaban J connectivity index is 1.92. The minimum atomic E-state index is -3.03. The first-order chi connectivity index (χ1) is 7.66. The van der Waals surface area contributed by atoms with Crippen molar-refractivity contribution in [2.45, 2.75) is 18.6 Å². The van der Waals surface area contributed by atoms with Gasteiger partial charge in [-0.25, -0.2) is 8.42 Å². The van der Waals surface area contributed by atoms with Gasteiger partial charge < -0.3 is 9.73 Å². The summed E-state index contributed by atoms with van der Waals surface area (Å²) in [6, 6.07) is 3.43. The van der Waals surface area contributed by atoms with Crippen LogP contribution in [0.3, 0.4) is 0 Å². The van der Waals surface area contributed by atoms with Gasteiger partial charge in [-0.1, -0.05) is 0 Å². The highest BCUT2D eigenvalue weighted by atomic mass is 32.2. The largest absolute Gasteiger partial charge is 0.468 e. The maximum absolute atomic E-state index is 11.9. The van der Waals surface area contributed by atoms with Gasteiger partial charge in [-0.15, -0.1) is 0 Å². The number of rotatable bonds is 4. The van der Waals surface area contributed by atoms with Crippen molar-refractivity contribution in [1.29, 1.82) is 0 Å². The van der Waals surface area contributed by atoms with Gasteiger partial charge in [0.15, 0.2) is 9.84 Å². The topological polar surface area (TPSA) is 59.3 Å². The fourth-order valence-electron chi connectivity index (χ4n) is 2.08. The summed E-state index contributed by atoms with van der Waals surface area (Å²) in [5.74, 6) is 1.16. The van der Waals surface area contributed by atoms with E-state index in [9.17, 15) is 8.42 Å². The third kappa shape index (κ3) is 3.35. The highest BCUT2D eigenvalue weighted by Crippen LogP contribution is 2.17. The molecule has 1 aromatic rings. The molecule has 0 spiro atoms. The van der Waals surface area contributed by atoms with Crippen LogP contribution in [0.25, 0.3) is 0 Å². The van der Waals surface area contributed by atoms with Crippen molar-refractivity contribution < 1.29 is 12.8 Å². The van der Waals surface area contributed by atoms with E-state index in [1.165, 1.54) is 6.26 Å². The molecule has 1 fully saturated rings. The van der Waals surface area contributed by atoms with Gasteiger partial charge in [-0.2, -0.15) is 0 Å². The lowest BCUT2D eigenvalue weighted by Crippen LogP contribution is -2.31. The molecule has 2 heterocycles. The smallest absolute Gasteiger partial charge is 0.157 e. The van der Waals surface area contributed by atoms with Crippen LogP contribution in [0.4, 0.5) is 0 Å². The highest BCUT2D eigenvalue weighted by molar-refractivity contribution is 7.90. The molecule has 0 unspecified atom stereocenters. The molecule has 0 aromatic carbocycles. The van der Waals surface area contributed by atoms with Crippen LogP contribution in [0.2, 0.25) is 0 Å². The third-order valence-electron chi connectivity index (χ3n) is 2.89. The van der Waals surface area contributed by atoms with Crippen molar-refractivity contribution in [3.8, 4) is 0 Å². The van der Waals surface area contributed by atoms with Crippen molar-refractivity contribution >= 4 is 9.84 Å². The molecule has 4 nitrogen and oxygen atoms in total. The van der Waals surface area contributed by atoms with E-state index in [0.29, 0.717) is 11.7 Å². The summed E-state index contributed by atoms with van der Waals surface area (Å²) in [4.78, 5) is 0. The van der Waals surface area contributed by atoms with E-state index in [4.69, 9.17) is 4.42 Å². The average Bonchev–Trinajstić information content (AvgIpc) is 2.70. The van der Waals surface area contributed by atoms with E-state index in [2.05, 4.69) is 5.32 Å². The predicted molar refractivity (Wildman–Crippen MR) is 61.8 cm³/mol. The minimum absolute atomic E-state index is 0.0317. The molecule has 0 atom stereocenters. The average molecular weight is 243 g/mol. The normalized spacial score (nSPS) is 18.8. The Morgan fingerprint density at radius 3 is 2.75 bits per heavy atom. The van der Waals surface area contributed by atoms with Gasteiger partial charge >= 0.3 is 0 Å². The van der Waals surface area contributed by atoms with Crippen LogP contribution >= 0.6 is 0 Å². The maximum Gasteiger partial charge on any atom is 0.157 e. The number of hydrogen-bond donors (Lipinski definition) is 1. The molecule has 16 heavy (non-hydrogen) atoms. The van der Waals surface area contributed by atoms with E-state index in [1.54, 1.807) is 12.1 Å². The quantitative estimate of drug-likeness (QED) is 0.863. The summed E-state index contributed by atoms with van der Waals surface area (Å²) in [5.41, 5.74) is 0. The Hall–Kier alpha value is -0.810. The van der Waals surface area contributed by atoms with E-state index in [0.717, 1.165) is 25.9 Å². The summed E-state index contributed by atoms with van der Waals surface area (Å²) in [5, 5.41) is 3.23. The van der Waals surface area contributed by atoms with E-state index in [1.807, 2.05) is 0 Å². The van der Waals surface area contributed by atoms with Gasteiger partial charge in [0.25, 0.3) is 0 Å². The molecule has 0 saturated carbocycles. The molecular weight excluding hydrogens is 226 g/mol. The summed E-state index contributed by atoms with van der Waals surface area (Å²) in [6.45, 7) is 1.86. The van der Waals surface area contributed by atoms with E-state index in [-0.39, 0.29) is 11.5 Å². The molecular formula is C11H17NO3S. The Kier molecular flexibility index (Phi) is 3.66. The molecule has 90 valence electrons. The monoisotopic (exact) mass is 243 g/mol. The lowest BCUT2D eigenvalue weighted by atomic mass is 10.0. The zero-order chi connectivity index (χ0) is 11.4. The predicted octanol–water partition coefficient (Wildman–Crippen LogP) is 1.19. The van der Waals surface area contributed by atoms with Crippen molar-refractivity contribution in [3.05, 3.63) is 24.2 Å². The Bertz CT molecular complexity index is 404. The summed E-state index contributed by atoms with van der Waals surface area (Å²) in [6.07, 6.45) is 3.42. The molecule has 0 aliphatic carbocycles. The van der Waals surface area contributed by atoms with Gasteiger partial charge in [0.2, 0.25) is 0 Å². The summed E-state index contributed by atoms with van der Waals surface area (Å²) >= 11 is 0. The summed E-state index contributed by atoms with van der Waals surface area (Å²) in [7, 11) is -3.03. The van der Waals surface area contributed by atoms with E-state index < -0.39 is 9.84 Å². The second-order valence-corrected chi connectivity index (χ2v) is 6.44. The van der Waals surface area contributed by atoms with Crippen molar-refractivity contribution in [2.24, 2.45) is 5.92 Å².